The van der Waals surface area contributed by atoms with Gasteiger partial charge in [-0.15, -0.1) is 0 Å². The highest BCUT2D eigenvalue weighted by atomic mass is 79.9. The number of carbonyl (C=O) groups is 2. The summed E-state index contributed by atoms with van der Waals surface area (Å²) in [4.78, 5) is 32.2. The maximum Gasteiger partial charge on any atom is 0.241 e. The van der Waals surface area contributed by atoms with Crippen LogP contribution in [0, 0.1) is 19.8 Å². The molecule has 2 heterocycles. The van der Waals surface area contributed by atoms with E-state index in [0.29, 0.717) is 17.3 Å². The van der Waals surface area contributed by atoms with E-state index in [-0.39, 0.29) is 29.5 Å². The number of halogens is 1. The lowest BCUT2D eigenvalue weighted by Crippen LogP contribution is -2.49. The van der Waals surface area contributed by atoms with Crippen LogP contribution in [-0.2, 0) is 4.79 Å². The number of thioether (sulfide) groups is 1. The third-order valence-corrected chi connectivity index (χ3v) is 6.66. The second-order valence-electron chi connectivity index (χ2n) is 7.15. The minimum Gasteiger partial charge on any atom is -0.293 e. The van der Waals surface area contributed by atoms with Crippen molar-refractivity contribution in [3.05, 3.63) is 63.6 Å². The Kier molecular flexibility index (Phi) is 5.87. The predicted octanol–water partition coefficient (Wildman–Crippen LogP) is 3.43. The molecule has 150 valence electrons. The Bertz CT molecular complexity index is 993. The normalized spacial score (nSPS) is 21.1. The maximum atomic E-state index is 13.2. The van der Waals surface area contributed by atoms with Gasteiger partial charge in [0, 0.05) is 16.6 Å². The van der Waals surface area contributed by atoms with Crippen molar-refractivity contribution in [2.24, 2.45) is 10.9 Å². The molecule has 8 heteroatoms. The zero-order valence-corrected chi connectivity index (χ0v) is 18.5. The first-order valence-electron chi connectivity index (χ1n) is 9.33. The van der Waals surface area contributed by atoms with Crippen molar-refractivity contribution in [1.29, 1.82) is 0 Å². The molecule has 2 aromatic carbocycles. The molecule has 0 bridgehead atoms. The van der Waals surface area contributed by atoms with Crippen LogP contribution < -0.4 is 15.8 Å². The van der Waals surface area contributed by atoms with Crippen LogP contribution in [0.5, 0.6) is 0 Å². The highest BCUT2D eigenvalue weighted by Gasteiger charge is 2.42. The fourth-order valence-corrected chi connectivity index (χ4v) is 4.52. The first-order valence-corrected chi connectivity index (χ1v) is 11.1. The van der Waals surface area contributed by atoms with Gasteiger partial charge >= 0.3 is 0 Å². The van der Waals surface area contributed by atoms with Crippen LogP contribution >= 0.6 is 27.7 Å². The quantitative estimate of drug-likeness (QED) is 0.666. The molecule has 6 nitrogen and oxygen atoms in total. The van der Waals surface area contributed by atoms with Gasteiger partial charge in [-0.05, 0) is 49.2 Å². The molecule has 0 saturated carbocycles. The summed E-state index contributed by atoms with van der Waals surface area (Å²) in [6, 6.07) is 13.2. The van der Waals surface area contributed by atoms with Crippen LogP contribution in [0.15, 0.2) is 51.9 Å². The molecule has 0 aliphatic carbocycles. The maximum absolute atomic E-state index is 13.2. The summed E-state index contributed by atoms with van der Waals surface area (Å²) >= 11 is 4.68. The Balaban J connectivity index is 1.60. The van der Waals surface area contributed by atoms with E-state index in [1.807, 2.05) is 44.2 Å². The van der Waals surface area contributed by atoms with Crippen molar-refractivity contribution in [1.82, 2.24) is 10.9 Å². The molecule has 2 aliphatic rings. The third-order valence-electron chi connectivity index (χ3n) is 5.18. The lowest BCUT2D eigenvalue weighted by molar-refractivity contribution is -0.121. The number of Topliss-reactive ketones (excluding diaryl/α,β-unsaturated/α-hetero) is 1. The summed E-state index contributed by atoms with van der Waals surface area (Å²) in [5.74, 6) is -0.0651. The Labute approximate surface area is 182 Å². The highest BCUT2D eigenvalue weighted by molar-refractivity contribution is 9.10. The smallest absolute Gasteiger partial charge is 0.241 e. The zero-order chi connectivity index (χ0) is 20.5. The van der Waals surface area contributed by atoms with Gasteiger partial charge in [0.25, 0.3) is 0 Å². The number of nitrogens with zero attached hydrogens (tertiary/aromatic N) is 2. The Morgan fingerprint density at radius 2 is 1.97 bits per heavy atom. The number of ketones is 1. The van der Waals surface area contributed by atoms with Crippen molar-refractivity contribution in [2.75, 3.05) is 17.2 Å². The molecule has 2 unspecified atom stereocenters. The van der Waals surface area contributed by atoms with Crippen LogP contribution in [0.25, 0.3) is 0 Å². The molecule has 29 heavy (non-hydrogen) atoms. The Morgan fingerprint density at radius 3 is 2.69 bits per heavy atom. The van der Waals surface area contributed by atoms with Crippen molar-refractivity contribution in [3.8, 4) is 0 Å². The topological polar surface area (TPSA) is 73.8 Å². The van der Waals surface area contributed by atoms with E-state index in [2.05, 4.69) is 26.8 Å². The van der Waals surface area contributed by atoms with Crippen LogP contribution in [0.3, 0.4) is 0 Å². The average molecular weight is 473 g/mol. The minimum atomic E-state index is -0.310. The monoisotopic (exact) mass is 472 g/mol. The molecule has 1 saturated heterocycles. The molecule has 1 fully saturated rings. The predicted molar refractivity (Wildman–Crippen MR) is 120 cm³/mol. The molecular formula is C21H21BrN4O2S. The van der Waals surface area contributed by atoms with Crippen molar-refractivity contribution >= 4 is 50.2 Å². The number of aryl methyl sites for hydroxylation is 2. The molecule has 0 spiro atoms. The van der Waals surface area contributed by atoms with Crippen LogP contribution in [0.4, 0.5) is 5.69 Å². The first kappa shape index (κ1) is 20.3. The molecule has 0 aromatic heterocycles. The number of hydrogen-bond acceptors (Lipinski definition) is 6. The van der Waals surface area contributed by atoms with Gasteiger partial charge in [-0.25, -0.2) is 10.4 Å². The van der Waals surface area contributed by atoms with E-state index in [1.54, 1.807) is 17.0 Å². The molecule has 2 N–H and O–H groups in total. The molecule has 2 aromatic rings. The van der Waals surface area contributed by atoms with Crippen LogP contribution in [0.2, 0.25) is 0 Å². The number of hydrogen-bond donors (Lipinski definition) is 2. The van der Waals surface area contributed by atoms with Gasteiger partial charge in [0.1, 0.15) is 6.17 Å². The summed E-state index contributed by atoms with van der Waals surface area (Å²) in [7, 11) is 0. The lowest BCUT2D eigenvalue weighted by Gasteiger charge is -2.32. The molecular weight excluding hydrogens is 452 g/mol. The molecule has 2 atom stereocenters. The highest BCUT2D eigenvalue weighted by Crippen LogP contribution is 2.30. The average Bonchev–Trinajstić information content (AvgIpc) is 3.18. The second kappa shape index (κ2) is 8.39. The Hall–Kier alpha value is -2.00. The number of carbonyl (C=O) groups excluding carboxylic acids is 2. The minimum absolute atomic E-state index is 0.00249. The van der Waals surface area contributed by atoms with Crippen LogP contribution in [0.1, 0.15) is 21.5 Å². The van der Waals surface area contributed by atoms with Gasteiger partial charge in [-0.3, -0.25) is 19.9 Å². The van der Waals surface area contributed by atoms with Gasteiger partial charge in [0.05, 0.1) is 17.4 Å². The van der Waals surface area contributed by atoms with E-state index < -0.39 is 0 Å². The fourth-order valence-electron chi connectivity index (χ4n) is 3.32. The number of amides is 1. The molecule has 2 aliphatic heterocycles. The summed E-state index contributed by atoms with van der Waals surface area (Å²) in [6.45, 7) is 4.60. The van der Waals surface area contributed by atoms with Crippen molar-refractivity contribution < 1.29 is 9.59 Å². The molecule has 1 amide bonds. The number of fused-ring (bicyclic) bond motifs is 1. The number of anilines is 1. The number of hydrazine groups is 1. The largest absolute Gasteiger partial charge is 0.293 e. The number of aliphatic imine (C=N–C) groups is 1. The molecule has 0 radical (unpaired) electrons. The summed E-state index contributed by atoms with van der Waals surface area (Å²) in [5.41, 5.74) is 9.76. The summed E-state index contributed by atoms with van der Waals surface area (Å²) in [5, 5.41) is 0.543. The standard InChI is InChI=1S/C21H21BrN4O2S/c1-12-3-8-16(9-13(12)2)26-20(28)17-10-23-25-19(17)24-21(26)29-11-18(27)14-4-6-15(22)7-5-14/h3-9,17,19,23,25H,10-11H2,1-2H3. The van der Waals surface area contributed by atoms with Crippen molar-refractivity contribution in [3.63, 3.8) is 0 Å². The molecule has 4 rings (SSSR count). The fraction of sp³-hybridized carbons (Fsp3) is 0.286. The van der Waals surface area contributed by atoms with Gasteiger partial charge in [0.2, 0.25) is 5.91 Å². The zero-order valence-electron chi connectivity index (χ0n) is 16.1. The van der Waals surface area contributed by atoms with Gasteiger partial charge < -0.3 is 0 Å². The van der Waals surface area contributed by atoms with Gasteiger partial charge in [-0.2, -0.15) is 0 Å². The van der Waals surface area contributed by atoms with E-state index in [1.165, 1.54) is 11.8 Å². The number of amidine groups is 1. The summed E-state index contributed by atoms with van der Waals surface area (Å²) < 4.78 is 0.927. The number of rotatable bonds is 4. The number of nitrogens with one attached hydrogen (secondary N) is 2. The number of benzene rings is 2. The first-order chi connectivity index (χ1) is 13.9. The van der Waals surface area contributed by atoms with Crippen LogP contribution in [-0.4, -0.2) is 35.3 Å². The lowest BCUT2D eigenvalue weighted by atomic mass is 10.0. The van der Waals surface area contributed by atoms with Crippen molar-refractivity contribution in [2.45, 2.75) is 20.0 Å². The second-order valence-corrected chi connectivity index (χ2v) is 9.01. The SMILES string of the molecule is Cc1ccc(N2C(=O)C3CNNC3N=C2SCC(=O)c2ccc(Br)cc2)cc1C. The Morgan fingerprint density at radius 1 is 1.21 bits per heavy atom. The van der Waals surface area contributed by atoms with E-state index in [0.717, 1.165) is 21.3 Å². The van der Waals surface area contributed by atoms with E-state index >= 15 is 0 Å². The summed E-state index contributed by atoms with van der Waals surface area (Å²) in [6.07, 6.45) is -0.310. The third kappa shape index (κ3) is 4.16. The van der Waals surface area contributed by atoms with E-state index in [9.17, 15) is 9.59 Å². The van der Waals surface area contributed by atoms with E-state index in [4.69, 9.17) is 4.99 Å². The van der Waals surface area contributed by atoms with Gasteiger partial charge in [0.15, 0.2) is 11.0 Å². The van der Waals surface area contributed by atoms with Gasteiger partial charge in [-0.1, -0.05) is 45.9 Å².